The van der Waals surface area contributed by atoms with Gasteiger partial charge in [0.2, 0.25) is 5.91 Å². The van der Waals surface area contributed by atoms with Gasteiger partial charge in [-0.3, -0.25) is 9.78 Å². The van der Waals surface area contributed by atoms with Crippen LogP contribution in [0.3, 0.4) is 0 Å². The number of pyridine rings is 1. The van der Waals surface area contributed by atoms with Crippen molar-refractivity contribution in [1.29, 1.82) is 0 Å². The Kier molecular flexibility index (Phi) is 8.06. The molecule has 0 aliphatic rings. The zero-order valence-corrected chi connectivity index (χ0v) is 20.1. The van der Waals surface area contributed by atoms with Gasteiger partial charge >= 0.3 is 12.1 Å². The first-order valence-corrected chi connectivity index (χ1v) is 11.7. The largest absolute Gasteiger partial charge is 0.480 e. The number of benzene rings is 2. The molecule has 0 saturated heterocycles. The Balaban J connectivity index is 1.59. The number of aromatic nitrogens is 2. The van der Waals surface area contributed by atoms with E-state index in [1.54, 1.807) is 47.4 Å². The summed E-state index contributed by atoms with van der Waals surface area (Å²) in [5.41, 5.74) is 1.94. The number of carbonyl (C=O) groups is 2. The van der Waals surface area contributed by atoms with Gasteiger partial charge in [-0.25, -0.2) is 4.79 Å². The van der Waals surface area contributed by atoms with Gasteiger partial charge in [0.25, 0.3) is 0 Å². The van der Waals surface area contributed by atoms with E-state index < -0.39 is 29.7 Å². The number of amides is 1. The van der Waals surface area contributed by atoms with Crippen molar-refractivity contribution >= 4 is 18.0 Å². The first-order valence-electron chi connectivity index (χ1n) is 11.7. The van der Waals surface area contributed by atoms with Crippen LogP contribution in [0.25, 0.3) is 17.3 Å². The number of hydrogen-bond acceptors (Lipinski definition) is 3. The van der Waals surface area contributed by atoms with Gasteiger partial charge in [-0.15, -0.1) is 0 Å². The van der Waals surface area contributed by atoms with Gasteiger partial charge in [0.15, 0.2) is 0 Å². The van der Waals surface area contributed by atoms with Gasteiger partial charge in [0.1, 0.15) is 6.04 Å². The van der Waals surface area contributed by atoms with Gasteiger partial charge in [-0.1, -0.05) is 42.5 Å². The molecule has 1 amide bonds. The molecule has 0 aliphatic carbocycles. The minimum absolute atomic E-state index is 0.0108. The Bertz CT molecular complexity index is 1380. The van der Waals surface area contributed by atoms with Crippen LogP contribution < -0.4 is 0 Å². The van der Waals surface area contributed by atoms with Crippen LogP contribution in [-0.2, 0) is 28.9 Å². The summed E-state index contributed by atoms with van der Waals surface area (Å²) in [4.78, 5) is 31.1. The third-order valence-electron chi connectivity index (χ3n) is 5.92. The number of carboxylic acids is 1. The van der Waals surface area contributed by atoms with Gasteiger partial charge in [-0.2, -0.15) is 13.2 Å². The van der Waals surface area contributed by atoms with Crippen LogP contribution in [-0.4, -0.2) is 37.5 Å². The third-order valence-corrected chi connectivity index (χ3v) is 5.92. The molecule has 2 aromatic carbocycles. The molecule has 0 fully saturated rings. The van der Waals surface area contributed by atoms with E-state index >= 15 is 0 Å². The fraction of sp³-hybridized carbons (Fsp3) is 0.138. The molecule has 0 radical (unpaired) electrons. The quantitative estimate of drug-likeness (QED) is 0.285. The number of carbonyl (C=O) groups excluding carboxylic acids is 1. The summed E-state index contributed by atoms with van der Waals surface area (Å²) < 4.78 is 40.2. The predicted octanol–water partition coefficient (Wildman–Crippen LogP) is 5.76. The molecule has 2 heterocycles. The normalized spacial score (nSPS) is 12.4. The van der Waals surface area contributed by atoms with E-state index in [2.05, 4.69) is 4.98 Å². The number of alkyl halides is 3. The number of halogens is 3. The number of aliphatic carboxylic acids is 1. The number of nitrogens with zero attached hydrogens (tertiary/aromatic N) is 3. The highest BCUT2D eigenvalue weighted by Gasteiger charge is 2.30. The van der Waals surface area contributed by atoms with E-state index in [0.717, 1.165) is 23.4 Å². The number of rotatable bonds is 9. The molecule has 9 heteroatoms. The summed E-state index contributed by atoms with van der Waals surface area (Å²) in [6.45, 7) is 0.0329. The molecule has 38 heavy (non-hydrogen) atoms. The van der Waals surface area contributed by atoms with Gasteiger partial charge in [0.05, 0.1) is 17.8 Å². The second-order valence-electron chi connectivity index (χ2n) is 8.57. The van der Waals surface area contributed by atoms with Gasteiger partial charge in [0, 0.05) is 36.8 Å². The summed E-state index contributed by atoms with van der Waals surface area (Å²) in [6.07, 6.45) is 3.18. The second-order valence-corrected chi connectivity index (χ2v) is 8.57. The van der Waals surface area contributed by atoms with Crippen LogP contribution in [0.5, 0.6) is 0 Å². The third kappa shape index (κ3) is 6.76. The minimum Gasteiger partial charge on any atom is -0.480 e. The summed E-state index contributed by atoms with van der Waals surface area (Å²) in [5.74, 6) is -1.77. The summed E-state index contributed by atoms with van der Waals surface area (Å²) in [7, 11) is 0. The van der Waals surface area contributed by atoms with E-state index in [0.29, 0.717) is 11.1 Å². The maximum atomic E-state index is 13.3. The molecule has 6 nitrogen and oxygen atoms in total. The Labute approximate surface area is 217 Å². The highest BCUT2D eigenvalue weighted by Crippen LogP contribution is 2.29. The maximum absolute atomic E-state index is 13.3. The fourth-order valence-corrected chi connectivity index (χ4v) is 3.90. The lowest BCUT2D eigenvalue weighted by atomic mass is 10.1. The summed E-state index contributed by atoms with van der Waals surface area (Å²) in [5, 5.41) is 10.0. The molecule has 1 atom stereocenters. The molecule has 1 N–H and O–H groups in total. The fourth-order valence-electron chi connectivity index (χ4n) is 3.90. The summed E-state index contributed by atoms with van der Waals surface area (Å²) in [6, 6.07) is 19.5. The average Bonchev–Trinajstić information content (AvgIpc) is 3.43. The van der Waals surface area contributed by atoms with E-state index in [1.165, 1.54) is 29.2 Å². The molecule has 4 aromatic rings. The summed E-state index contributed by atoms with van der Waals surface area (Å²) >= 11 is 0. The molecule has 0 aliphatic heterocycles. The minimum atomic E-state index is -4.46. The lowest BCUT2D eigenvalue weighted by Gasteiger charge is -2.28. The Morgan fingerprint density at radius 3 is 2.21 bits per heavy atom. The SMILES string of the molecule is O=C(O)[C@H](Cn1cccc1)N(Cc1ccc(-c2ccccn2)cc1)C(=O)/C=C/c1ccc(C(F)(F)F)cc1. The Hall–Kier alpha value is -4.66. The van der Waals surface area contributed by atoms with Gasteiger partial charge in [-0.05, 0) is 53.6 Å². The Morgan fingerprint density at radius 2 is 1.63 bits per heavy atom. The van der Waals surface area contributed by atoms with Crippen molar-refractivity contribution < 1.29 is 27.9 Å². The zero-order valence-electron chi connectivity index (χ0n) is 20.1. The highest BCUT2D eigenvalue weighted by atomic mass is 19.4. The highest BCUT2D eigenvalue weighted by molar-refractivity contribution is 5.94. The van der Waals surface area contributed by atoms with Crippen molar-refractivity contribution in [3.63, 3.8) is 0 Å². The molecule has 0 saturated carbocycles. The lowest BCUT2D eigenvalue weighted by molar-refractivity contribution is -0.149. The van der Waals surface area contributed by atoms with E-state index in [1.807, 2.05) is 30.3 Å². The van der Waals surface area contributed by atoms with Crippen molar-refractivity contribution in [1.82, 2.24) is 14.5 Å². The first kappa shape index (κ1) is 26.4. The Morgan fingerprint density at radius 1 is 0.947 bits per heavy atom. The van der Waals surface area contributed by atoms with Crippen LogP contribution in [0.2, 0.25) is 0 Å². The lowest BCUT2D eigenvalue weighted by Crippen LogP contribution is -2.46. The number of carboxylic acid groups (broad SMARTS) is 1. The van der Waals surface area contributed by atoms with Crippen molar-refractivity contribution in [3.05, 3.63) is 120 Å². The maximum Gasteiger partial charge on any atom is 0.416 e. The number of hydrogen-bond donors (Lipinski definition) is 1. The zero-order chi connectivity index (χ0) is 27.1. The smallest absolute Gasteiger partial charge is 0.416 e. The van der Waals surface area contributed by atoms with E-state index in [4.69, 9.17) is 0 Å². The van der Waals surface area contributed by atoms with Crippen LogP contribution in [0, 0.1) is 0 Å². The van der Waals surface area contributed by atoms with Crippen molar-refractivity contribution in [3.8, 4) is 11.3 Å². The molecule has 194 valence electrons. The van der Waals surface area contributed by atoms with Crippen molar-refractivity contribution in [2.45, 2.75) is 25.3 Å². The first-order chi connectivity index (χ1) is 18.2. The monoisotopic (exact) mass is 519 g/mol. The molecule has 0 unspecified atom stereocenters. The van der Waals surface area contributed by atoms with E-state index in [-0.39, 0.29) is 13.1 Å². The molecule has 2 aromatic heterocycles. The van der Waals surface area contributed by atoms with Crippen LogP contribution in [0.1, 0.15) is 16.7 Å². The molecule has 0 spiro atoms. The molecule has 0 bridgehead atoms. The van der Waals surface area contributed by atoms with Crippen LogP contribution in [0.15, 0.2) is 104 Å². The molecule has 4 rings (SSSR count). The van der Waals surface area contributed by atoms with Gasteiger partial charge < -0.3 is 14.6 Å². The average molecular weight is 520 g/mol. The molecular formula is C29H24F3N3O3. The van der Waals surface area contributed by atoms with Crippen molar-refractivity contribution in [2.75, 3.05) is 0 Å². The van der Waals surface area contributed by atoms with Crippen LogP contribution in [0.4, 0.5) is 13.2 Å². The van der Waals surface area contributed by atoms with Crippen molar-refractivity contribution in [2.24, 2.45) is 0 Å². The topological polar surface area (TPSA) is 75.4 Å². The van der Waals surface area contributed by atoms with E-state index in [9.17, 15) is 27.9 Å². The standard InChI is InChI=1S/C29H24F3N3O3/c30-29(31,32)24-13-8-21(9-14-24)10-15-27(36)35(26(28(37)38)20-34-17-3-4-18-34)19-22-6-11-23(12-7-22)25-5-1-2-16-33-25/h1-18,26H,19-20H2,(H,37,38)/b15-10+/t26-/m0/s1. The van der Waals surface area contributed by atoms with Crippen LogP contribution >= 0.6 is 0 Å². The second kappa shape index (κ2) is 11.6. The molecular weight excluding hydrogens is 495 g/mol. The predicted molar refractivity (Wildman–Crippen MR) is 137 cm³/mol.